The molecule has 0 aromatic carbocycles. The van der Waals surface area contributed by atoms with Crippen LogP contribution in [0.4, 0.5) is 0 Å². The van der Waals surface area contributed by atoms with Crippen LogP contribution in [0.15, 0.2) is 28.5 Å². The summed E-state index contributed by atoms with van der Waals surface area (Å²) in [5, 5.41) is 5.74. The second kappa shape index (κ2) is 5.59. The Labute approximate surface area is 108 Å². The molecule has 1 amide bonds. The molecule has 0 aliphatic heterocycles. The molecule has 0 radical (unpaired) electrons. The predicted molar refractivity (Wildman–Crippen MR) is 70.0 cm³/mol. The van der Waals surface area contributed by atoms with Crippen molar-refractivity contribution in [3.63, 3.8) is 0 Å². The number of nitrogens with zero attached hydrogens (tertiary/aromatic N) is 1. The molecule has 0 spiro atoms. The Morgan fingerprint density at radius 2 is 2.39 bits per heavy atom. The number of H-pyrrole nitrogens is 1. The molecule has 0 atom stereocenters. The van der Waals surface area contributed by atoms with Crippen molar-refractivity contribution in [3.8, 4) is 0 Å². The van der Waals surface area contributed by atoms with Crippen LogP contribution in [0.3, 0.4) is 0 Å². The average Bonchev–Trinajstić information content (AvgIpc) is 2.75. The van der Waals surface area contributed by atoms with E-state index in [4.69, 9.17) is 0 Å². The van der Waals surface area contributed by atoms with Gasteiger partial charge >= 0.3 is 0 Å². The summed E-state index contributed by atoms with van der Waals surface area (Å²) >= 11 is 1.58. The lowest BCUT2D eigenvalue weighted by Crippen LogP contribution is -2.26. The Hall–Kier alpha value is -1.95. The standard InChI is InChI=1S/C12H13N3O2S/c1-8-7-18-11(15-8)3-5-14-12(17)9-2-4-13-10(16)6-9/h2,4,6-7H,3,5H2,1H3,(H,13,16)(H,14,17). The molecule has 0 unspecified atom stereocenters. The van der Waals surface area contributed by atoms with Crippen LogP contribution in [0.5, 0.6) is 0 Å². The van der Waals surface area contributed by atoms with Crippen molar-refractivity contribution in [2.24, 2.45) is 0 Å². The normalized spacial score (nSPS) is 10.3. The molecule has 0 fully saturated rings. The smallest absolute Gasteiger partial charge is 0.251 e. The number of hydrogen-bond acceptors (Lipinski definition) is 4. The third kappa shape index (κ3) is 3.27. The van der Waals surface area contributed by atoms with Crippen LogP contribution < -0.4 is 10.9 Å². The highest BCUT2D eigenvalue weighted by Crippen LogP contribution is 2.08. The van der Waals surface area contributed by atoms with Crippen molar-refractivity contribution in [2.75, 3.05) is 6.54 Å². The van der Waals surface area contributed by atoms with Crippen LogP contribution in [0.1, 0.15) is 21.1 Å². The van der Waals surface area contributed by atoms with Gasteiger partial charge in [-0.25, -0.2) is 4.98 Å². The van der Waals surface area contributed by atoms with Gasteiger partial charge in [-0.2, -0.15) is 0 Å². The van der Waals surface area contributed by atoms with Crippen molar-refractivity contribution in [2.45, 2.75) is 13.3 Å². The summed E-state index contributed by atoms with van der Waals surface area (Å²) < 4.78 is 0. The Bertz CT molecular complexity index is 603. The summed E-state index contributed by atoms with van der Waals surface area (Å²) in [6.07, 6.45) is 2.16. The molecule has 0 bridgehead atoms. The largest absolute Gasteiger partial charge is 0.352 e. The van der Waals surface area contributed by atoms with Gasteiger partial charge in [0.2, 0.25) is 5.56 Å². The Balaban J connectivity index is 1.87. The van der Waals surface area contributed by atoms with Crippen molar-refractivity contribution < 1.29 is 4.79 Å². The minimum absolute atomic E-state index is 0.241. The van der Waals surface area contributed by atoms with Crippen molar-refractivity contribution >= 4 is 17.2 Å². The summed E-state index contributed by atoms with van der Waals surface area (Å²) in [5.74, 6) is -0.241. The van der Waals surface area contributed by atoms with E-state index >= 15 is 0 Å². The van der Waals surface area contributed by atoms with Crippen LogP contribution in [0.2, 0.25) is 0 Å². The maximum atomic E-state index is 11.7. The summed E-state index contributed by atoms with van der Waals surface area (Å²) in [7, 11) is 0. The molecule has 94 valence electrons. The summed E-state index contributed by atoms with van der Waals surface area (Å²) in [4.78, 5) is 29.5. The van der Waals surface area contributed by atoms with E-state index in [1.165, 1.54) is 12.3 Å². The van der Waals surface area contributed by atoms with E-state index in [0.717, 1.165) is 10.7 Å². The van der Waals surface area contributed by atoms with E-state index in [-0.39, 0.29) is 11.5 Å². The van der Waals surface area contributed by atoms with E-state index in [9.17, 15) is 9.59 Å². The maximum absolute atomic E-state index is 11.7. The molecule has 0 aliphatic carbocycles. The fourth-order valence-corrected chi connectivity index (χ4v) is 2.26. The molecule has 2 rings (SSSR count). The van der Waals surface area contributed by atoms with Gasteiger partial charge in [0.05, 0.1) is 5.01 Å². The topological polar surface area (TPSA) is 74.8 Å². The molecule has 2 aromatic heterocycles. The zero-order valence-corrected chi connectivity index (χ0v) is 10.7. The Morgan fingerprint density at radius 3 is 3.06 bits per heavy atom. The van der Waals surface area contributed by atoms with E-state index < -0.39 is 0 Å². The molecular weight excluding hydrogens is 250 g/mol. The number of carbonyl (C=O) groups is 1. The fourth-order valence-electron chi connectivity index (χ4n) is 1.49. The molecule has 0 saturated heterocycles. The lowest BCUT2D eigenvalue weighted by Gasteiger charge is -2.03. The van der Waals surface area contributed by atoms with Crippen LogP contribution in [0.25, 0.3) is 0 Å². The van der Waals surface area contributed by atoms with Gasteiger partial charge in [-0.05, 0) is 13.0 Å². The first-order valence-electron chi connectivity index (χ1n) is 5.53. The monoisotopic (exact) mass is 263 g/mol. The van der Waals surface area contributed by atoms with Crippen LogP contribution in [0, 0.1) is 6.92 Å². The van der Waals surface area contributed by atoms with Gasteiger partial charge in [0.1, 0.15) is 0 Å². The lowest BCUT2D eigenvalue weighted by atomic mass is 10.2. The van der Waals surface area contributed by atoms with E-state index in [1.807, 2.05) is 12.3 Å². The predicted octanol–water partition coefficient (Wildman–Crippen LogP) is 1.11. The van der Waals surface area contributed by atoms with Gasteiger partial charge < -0.3 is 10.3 Å². The third-order valence-electron chi connectivity index (χ3n) is 2.33. The van der Waals surface area contributed by atoms with E-state index in [0.29, 0.717) is 18.5 Å². The fraction of sp³-hybridized carbons (Fsp3) is 0.250. The van der Waals surface area contributed by atoms with Crippen molar-refractivity contribution in [1.29, 1.82) is 0 Å². The highest BCUT2D eigenvalue weighted by atomic mass is 32.1. The minimum atomic E-state index is -0.279. The van der Waals surface area contributed by atoms with Gasteiger partial charge in [-0.3, -0.25) is 9.59 Å². The number of aromatic amines is 1. The number of nitrogens with one attached hydrogen (secondary N) is 2. The van der Waals surface area contributed by atoms with Gasteiger partial charge in [0.25, 0.3) is 5.91 Å². The number of amides is 1. The summed E-state index contributed by atoms with van der Waals surface area (Å²) in [6, 6.07) is 2.85. The number of rotatable bonds is 4. The van der Waals surface area contributed by atoms with Crippen LogP contribution in [-0.2, 0) is 6.42 Å². The van der Waals surface area contributed by atoms with Crippen LogP contribution in [-0.4, -0.2) is 22.4 Å². The minimum Gasteiger partial charge on any atom is -0.352 e. The lowest BCUT2D eigenvalue weighted by molar-refractivity contribution is 0.0954. The third-order valence-corrected chi connectivity index (χ3v) is 3.35. The number of aryl methyl sites for hydroxylation is 1. The Morgan fingerprint density at radius 1 is 1.56 bits per heavy atom. The average molecular weight is 263 g/mol. The first-order valence-corrected chi connectivity index (χ1v) is 6.41. The zero-order chi connectivity index (χ0) is 13.0. The van der Waals surface area contributed by atoms with Crippen LogP contribution >= 0.6 is 11.3 Å². The SMILES string of the molecule is Cc1csc(CCNC(=O)c2cc[nH]c(=O)c2)n1. The summed E-state index contributed by atoms with van der Waals surface area (Å²) in [5.41, 5.74) is 1.09. The molecule has 5 nitrogen and oxygen atoms in total. The van der Waals surface area contributed by atoms with Crippen molar-refractivity contribution in [1.82, 2.24) is 15.3 Å². The second-order valence-corrected chi connectivity index (χ2v) is 4.77. The van der Waals surface area contributed by atoms with Gasteiger partial charge in [-0.15, -0.1) is 11.3 Å². The summed E-state index contributed by atoms with van der Waals surface area (Å²) in [6.45, 7) is 2.45. The zero-order valence-electron chi connectivity index (χ0n) is 9.90. The highest BCUT2D eigenvalue weighted by molar-refractivity contribution is 7.09. The molecular formula is C12H13N3O2S. The molecule has 0 saturated carbocycles. The Kier molecular flexibility index (Phi) is 3.88. The molecule has 2 N–H and O–H groups in total. The molecule has 18 heavy (non-hydrogen) atoms. The van der Waals surface area contributed by atoms with Gasteiger partial charge in [-0.1, -0.05) is 0 Å². The maximum Gasteiger partial charge on any atom is 0.251 e. The molecule has 6 heteroatoms. The highest BCUT2D eigenvalue weighted by Gasteiger charge is 2.05. The number of pyridine rings is 1. The number of carbonyl (C=O) groups excluding carboxylic acids is 1. The van der Waals surface area contributed by atoms with E-state index in [1.54, 1.807) is 17.4 Å². The van der Waals surface area contributed by atoms with Crippen molar-refractivity contribution in [3.05, 3.63) is 50.3 Å². The molecule has 0 aliphatic rings. The molecule has 2 heterocycles. The second-order valence-electron chi connectivity index (χ2n) is 3.83. The number of aromatic nitrogens is 2. The van der Waals surface area contributed by atoms with Gasteiger partial charge in [0, 0.05) is 41.9 Å². The number of thiazole rings is 1. The van der Waals surface area contributed by atoms with E-state index in [2.05, 4.69) is 15.3 Å². The first kappa shape index (κ1) is 12.5. The quantitative estimate of drug-likeness (QED) is 0.867. The molecule has 2 aromatic rings. The number of hydrogen-bond donors (Lipinski definition) is 2. The van der Waals surface area contributed by atoms with Gasteiger partial charge in [0.15, 0.2) is 0 Å². The first-order chi connectivity index (χ1) is 8.65.